The maximum absolute atomic E-state index is 14.2. The van der Waals surface area contributed by atoms with E-state index in [2.05, 4.69) is 10.1 Å². The fourth-order valence-corrected chi connectivity index (χ4v) is 4.16. The molecule has 1 aromatic carbocycles. The summed E-state index contributed by atoms with van der Waals surface area (Å²) in [6, 6.07) is 9.82. The SMILES string of the molecule is O[C@H]1C[C@@H](Sc2nc3n(n2)[C@H](c2ccccc2)C[C@@H]3F)C1. The molecule has 1 aliphatic heterocycles. The van der Waals surface area contributed by atoms with Gasteiger partial charge < -0.3 is 5.11 Å². The molecule has 0 bridgehead atoms. The van der Waals surface area contributed by atoms with Gasteiger partial charge in [0.1, 0.15) is 0 Å². The first kappa shape index (κ1) is 13.3. The van der Waals surface area contributed by atoms with Gasteiger partial charge in [0, 0.05) is 11.7 Å². The minimum absolute atomic E-state index is 0.0648. The monoisotopic (exact) mass is 305 g/mol. The summed E-state index contributed by atoms with van der Waals surface area (Å²) < 4.78 is 15.9. The molecule has 4 nitrogen and oxygen atoms in total. The molecule has 4 rings (SSSR count). The summed E-state index contributed by atoms with van der Waals surface area (Å²) in [7, 11) is 0. The summed E-state index contributed by atoms with van der Waals surface area (Å²) in [6.45, 7) is 0. The first-order chi connectivity index (χ1) is 10.2. The summed E-state index contributed by atoms with van der Waals surface area (Å²) >= 11 is 1.55. The van der Waals surface area contributed by atoms with Crippen LogP contribution in [-0.4, -0.2) is 31.2 Å². The van der Waals surface area contributed by atoms with Crippen LogP contribution in [0.15, 0.2) is 35.5 Å². The van der Waals surface area contributed by atoms with Crippen LogP contribution in [0, 0.1) is 0 Å². The summed E-state index contributed by atoms with van der Waals surface area (Å²) in [5.74, 6) is 0.436. The second-order valence-electron chi connectivity index (χ2n) is 5.69. The average Bonchev–Trinajstić information content (AvgIpc) is 2.99. The Morgan fingerprint density at radius 1 is 1.19 bits per heavy atom. The summed E-state index contributed by atoms with van der Waals surface area (Å²) in [5.41, 5.74) is 1.07. The molecule has 1 aromatic heterocycles. The first-order valence-electron chi connectivity index (χ1n) is 7.21. The number of aliphatic hydroxyl groups is 1. The smallest absolute Gasteiger partial charge is 0.209 e. The topological polar surface area (TPSA) is 50.9 Å². The first-order valence-corrected chi connectivity index (χ1v) is 8.09. The molecule has 0 radical (unpaired) electrons. The number of rotatable bonds is 3. The molecule has 1 aliphatic carbocycles. The molecule has 0 saturated heterocycles. The van der Waals surface area contributed by atoms with E-state index in [4.69, 9.17) is 0 Å². The lowest BCUT2D eigenvalue weighted by Crippen LogP contribution is -2.30. The van der Waals surface area contributed by atoms with Crippen molar-refractivity contribution in [3.05, 3.63) is 41.7 Å². The van der Waals surface area contributed by atoms with E-state index in [0.29, 0.717) is 22.7 Å². The largest absolute Gasteiger partial charge is 0.393 e. The molecule has 0 unspecified atom stereocenters. The van der Waals surface area contributed by atoms with E-state index in [1.807, 2.05) is 30.3 Å². The lowest BCUT2D eigenvalue weighted by molar-refractivity contribution is 0.101. The third kappa shape index (κ3) is 2.36. The Balaban J connectivity index is 1.59. The molecular formula is C15H16FN3OS. The number of fused-ring (bicyclic) bond motifs is 1. The minimum Gasteiger partial charge on any atom is -0.393 e. The number of alkyl halides is 1. The molecule has 1 N–H and O–H groups in total. The zero-order valence-corrected chi connectivity index (χ0v) is 12.2. The van der Waals surface area contributed by atoms with Crippen molar-refractivity contribution in [3.8, 4) is 0 Å². The normalized spacial score (nSPS) is 31.0. The van der Waals surface area contributed by atoms with Crippen molar-refractivity contribution in [2.45, 2.75) is 48.0 Å². The number of hydrogen-bond donors (Lipinski definition) is 1. The van der Waals surface area contributed by atoms with Crippen LogP contribution in [0.25, 0.3) is 0 Å². The van der Waals surface area contributed by atoms with Crippen molar-refractivity contribution in [1.82, 2.24) is 14.8 Å². The van der Waals surface area contributed by atoms with Crippen molar-refractivity contribution in [2.75, 3.05) is 0 Å². The molecule has 1 saturated carbocycles. The Labute approximate surface area is 126 Å². The number of nitrogens with zero attached hydrogens (tertiary/aromatic N) is 3. The number of hydrogen-bond acceptors (Lipinski definition) is 4. The van der Waals surface area contributed by atoms with Crippen molar-refractivity contribution in [3.63, 3.8) is 0 Å². The predicted octanol–water partition coefficient (Wildman–Crippen LogP) is 2.90. The Hall–Kier alpha value is -1.40. The van der Waals surface area contributed by atoms with Gasteiger partial charge in [-0.2, -0.15) is 0 Å². The van der Waals surface area contributed by atoms with E-state index in [-0.39, 0.29) is 12.1 Å². The maximum Gasteiger partial charge on any atom is 0.209 e. The lowest BCUT2D eigenvalue weighted by atomic mass is 9.96. The zero-order valence-electron chi connectivity index (χ0n) is 11.4. The van der Waals surface area contributed by atoms with Gasteiger partial charge in [0.05, 0.1) is 12.1 Å². The van der Waals surface area contributed by atoms with E-state index in [1.54, 1.807) is 16.4 Å². The fourth-order valence-electron chi connectivity index (χ4n) is 2.94. The van der Waals surface area contributed by atoms with Crippen molar-refractivity contribution in [1.29, 1.82) is 0 Å². The summed E-state index contributed by atoms with van der Waals surface area (Å²) in [6.07, 6.45) is 0.713. The lowest BCUT2D eigenvalue weighted by Gasteiger charge is -2.29. The quantitative estimate of drug-likeness (QED) is 0.947. The molecular weight excluding hydrogens is 289 g/mol. The second-order valence-corrected chi connectivity index (χ2v) is 6.96. The highest BCUT2D eigenvalue weighted by Crippen LogP contribution is 2.42. The Morgan fingerprint density at radius 3 is 2.67 bits per heavy atom. The van der Waals surface area contributed by atoms with Gasteiger partial charge in [-0.3, -0.25) is 0 Å². The van der Waals surface area contributed by atoms with E-state index < -0.39 is 6.17 Å². The molecule has 2 atom stereocenters. The highest BCUT2D eigenvalue weighted by atomic mass is 32.2. The number of aliphatic hydroxyl groups excluding tert-OH is 1. The van der Waals surface area contributed by atoms with Gasteiger partial charge in [-0.1, -0.05) is 42.1 Å². The van der Waals surface area contributed by atoms with Gasteiger partial charge in [-0.05, 0) is 18.4 Å². The van der Waals surface area contributed by atoms with Crippen LogP contribution in [0.4, 0.5) is 4.39 Å². The number of thioether (sulfide) groups is 1. The maximum atomic E-state index is 14.2. The third-order valence-electron chi connectivity index (χ3n) is 4.17. The van der Waals surface area contributed by atoms with Crippen LogP contribution in [0.3, 0.4) is 0 Å². The van der Waals surface area contributed by atoms with Crippen LogP contribution < -0.4 is 0 Å². The fraction of sp³-hybridized carbons (Fsp3) is 0.467. The molecule has 21 heavy (non-hydrogen) atoms. The van der Waals surface area contributed by atoms with Crippen LogP contribution in [-0.2, 0) is 0 Å². The number of halogens is 1. The number of benzene rings is 1. The van der Waals surface area contributed by atoms with Crippen molar-refractivity contribution < 1.29 is 9.50 Å². The van der Waals surface area contributed by atoms with Gasteiger partial charge in [0.2, 0.25) is 5.16 Å². The van der Waals surface area contributed by atoms with Crippen molar-refractivity contribution >= 4 is 11.8 Å². The van der Waals surface area contributed by atoms with Crippen molar-refractivity contribution in [2.24, 2.45) is 0 Å². The van der Waals surface area contributed by atoms with Crippen LogP contribution >= 0.6 is 11.8 Å². The van der Waals surface area contributed by atoms with Crippen LogP contribution in [0.1, 0.15) is 42.9 Å². The molecule has 0 spiro atoms. The van der Waals surface area contributed by atoms with E-state index in [1.165, 1.54) is 0 Å². The average molecular weight is 305 g/mol. The van der Waals surface area contributed by atoms with E-state index in [0.717, 1.165) is 18.4 Å². The Kier molecular flexibility index (Phi) is 3.23. The molecule has 0 amide bonds. The van der Waals surface area contributed by atoms with Gasteiger partial charge in [0.25, 0.3) is 0 Å². The van der Waals surface area contributed by atoms with E-state index >= 15 is 0 Å². The van der Waals surface area contributed by atoms with Crippen LogP contribution in [0.2, 0.25) is 0 Å². The summed E-state index contributed by atoms with van der Waals surface area (Å²) in [5, 5.41) is 14.8. The molecule has 2 aliphatic rings. The molecule has 2 heterocycles. The standard InChI is InChI=1S/C15H16FN3OS/c16-12-8-13(9-4-2-1-3-5-9)19-14(12)17-15(18-19)21-11-6-10(20)7-11/h1-5,10-13,20H,6-8H2/t10-,11+,12-,13-/m0/s1. The predicted molar refractivity (Wildman–Crippen MR) is 78.0 cm³/mol. The second kappa shape index (κ2) is 5.10. The highest BCUT2D eigenvalue weighted by molar-refractivity contribution is 7.99. The summed E-state index contributed by atoms with van der Waals surface area (Å²) in [4.78, 5) is 4.35. The third-order valence-corrected chi connectivity index (χ3v) is 5.27. The molecule has 1 fully saturated rings. The van der Waals surface area contributed by atoms with Crippen LogP contribution in [0.5, 0.6) is 0 Å². The molecule has 2 aromatic rings. The molecule has 110 valence electrons. The van der Waals surface area contributed by atoms with E-state index in [9.17, 15) is 9.50 Å². The Bertz CT molecular complexity index is 642. The molecule has 6 heteroatoms. The minimum atomic E-state index is -1.05. The van der Waals surface area contributed by atoms with Gasteiger partial charge in [-0.15, -0.1) is 5.10 Å². The van der Waals surface area contributed by atoms with Gasteiger partial charge >= 0.3 is 0 Å². The van der Waals surface area contributed by atoms with Gasteiger partial charge in [-0.25, -0.2) is 14.1 Å². The number of aromatic nitrogens is 3. The zero-order chi connectivity index (χ0) is 14.4. The van der Waals surface area contributed by atoms with Gasteiger partial charge in [0.15, 0.2) is 12.0 Å². The highest BCUT2D eigenvalue weighted by Gasteiger charge is 2.36. The Morgan fingerprint density at radius 2 is 1.95 bits per heavy atom.